The number of methoxy groups -OCH3 is 1. The Morgan fingerprint density at radius 3 is 2.68 bits per heavy atom. The van der Waals surface area contributed by atoms with Gasteiger partial charge in [0.25, 0.3) is 5.91 Å². The van der Waals surface area contributed by atoms with Crippen LogP contribution in [0.25, 0.3) is 0 Å². The lowest BCUT2D eigenvalue weighted by molar-refractivity contribution is -0.124. The first kappa shape index (κ1) is 15.3. The first-order valence-electron chi connectivity index (χ1n) is 6.03. The van der Waals surface area contributed by atoms with Crippen molar-refractivity contribution in [2.24, 2.45) is 0 Å². The van der Waals surface area contributed by atoms with Gasteiger partial charge in [0.2, 0.25) is 0 Å². The fraction of sp³-hybridized carbons (Fsp3) is 0.462. The van der Waals surface area contributed by atoms with Crippen molar-refractivity contribution >= 4 is 11.6 Å². The van der Waals surface area contributed by atoms with E-state index in [0.29, 0.717) is 24.5 Å². The highest BCUT2D eigenvalue weighted by atomic mass is 16.5. The predicted octanol–water partition coefficient (Wildman–Crippen LogP) is 0.161. The zero-order valence-electron chi connectivity index (χ0n) is 11.0. The fourth-order valence-corrected chi connectivity index (χ4v) is 1.54. The minimum atomic E-state index is -0.257. The molecule has 0 spiro atoms. The SMILES string of the molecule is COCC(CCO)NC(=O)COc1ccc(N)cc1. The lowest BCUT2D eigenvalue weighted by atomic mass is 10.2. The van der Waals surface area contributed by atoms with Crippen molar-refractivity contribution < 1.29 is 19.4 Å². The number of carbonyl (C=O) groups is 1. The molecule has 6 heteroatoms. The van der Waals surface area contributed by atoms with Crippen molar-refractivity contribution in [2.45, 2.75) is 12.5 Å². The van der Waals surface area contributed by atoms with Crippen LogP contribution in [0.3, 0.4) is 0 Å². The molecule has 0 fully saturated rings. The summed E-state index contributed by atoms with van der Waals surface area (Å²) in [5, 5.41) is 11.6. The van der Waals surface area contributed by atoms with Gasteiger partial charge in [0.1, 0.15) is 5.75 Å². The Morgan fingerprint density at radius 1 is 1.42 bits per heavy atom. The van der Waals surface area contributed by atoms with Crippen LogP contribution in [0.1, 0.15) is 6.42 Å². The Hall–Kier alpha value is -1.79. The lowest BCUT2D eigenvalue weighted by Gasteiger charge is -2.17. The van der Waals surface area contributed by atoms with Crippen LogP contribution in [0.4, 0.5) is 5.69 Å². The average Bonchev–Trinajstić information content (AvgIpc) is 2.39. The molecule has 0 saturated carbocycles. The second-order valence-electron chi connectivity index (χ2n) is 4.09. The summed E-state index contributed by atoms with van der Waals surface area (Å²) in [6, 6.07) is 6.59. The van der Waals surface area contributed by atoms with Crippen molar-refractivity contribution in [3.8, 4) is 5.75 Å². The molecule has 0 radical (unpaired) electrons. The van der Waals surface area contributed by atoms with E-state index in [4.69, 9.17) is 20.3 Å². The highest BCUT2D eigenvalue weighted by Gasteiger charge is 2.12. The minimum absolute atomic E-state index is 0.00682. The van der Waals surface area contributed by atoms with E-state index < -0.39 is 0 Å². The molecule has 1 aromatic carbocycles. The number of nitrogens with two attached hydrogens (primary N) is 1. The number of aliphatic hydroxyl groups is 1. The Kier molecular flexibility index (Phi) is 6.70. The molecule has 0 aromatic heterocycles. The number of aliphatic hydroxyl groups excluding tert-OH is 1. The quantitative estimate of drug-likeness (QED) is 0.584. The lowest BCUT2D eigenvalue weighted by Crippen LogP contribution is -2.41. The summed E-state index contributed by atoms with van der Waals surface area (Å²) in [5.41, 5.74) is 6.18. The van der Waals surface area contributed by atoms with Crippen LogP contribution in [-0.4, -0.2) is 44.0 Å². The molecule has 6 nitrogen and oxygen atoms in total. The highest BCUT2D eigenvalue weighted by molar-refractivity contribution is 5.77. The summed E-state index contributed by atoms with van der Waals surface area (Å²) in [6.45, 7) is 0.261. The van der Waals surface area contributed by atoms with Gasteiger partial charge in [0.05, 0.1) is 12.6 Å². The van der Waals surface area contributed by atoms with E-state index in [1.165, 1.54) is 0 Å². The van der Waals surface area contributed by atoms with Crippen molar-refractivity contribution in [1.29, 1.82) is 0 Å². The zero-order chi connectivity index (χ0) is 14.1. The third kappa shape index (κ3) is 6.08. The minimum Gasteiger partial charge on any atom is -0.484 e. The van der Waals surface area contributed by atoms with Crippen LogP contribution in [0.2, 0.25) is 0 Å². The highest BCUT2D eigenvalue weighted by Crippen LogP contribution is 2.12. The predicted molar refractivity (Wildman–Crippen MR) is 71.9 cm³/mol. The molecule has 106 valence electrons. The van der Waals surface area contributed by atoms with Crippen LogP contribution in [0.15, 0.2) is 24.3 Å². The van der Waals surface area contributed by atoms with Crippen LogP contribution in [0.5, 0.6) is 5.75 Å². The van der Waals surface area contributed by atoms with E-state index in [1.54, 1.807) is 31.4 Å². The van der Waals surface area contributed by atoms with E-state index >= 15 is 0 Å². The van der Waals surface area contributed by atoms with E-state index in [2.05, 4.69) is 5.32 Å². The molecule has 4 N–H and O–H groups in total. The van der Waals surface area contributed by atoms with Crippen molar-refractivity contribution in [3.63, 3.8) is 0 Å². The molecule has 0 aliphatic heterocycles. The van der Waals surface area contributed by atoms with Gasteiger partial charge in [-0.05, 0) is 30.7 Å². The molecule has 1 atom stereocenters. The van der Waals surface area contributed by atoms with Crippen molar-refractivity contribution in [1.82, 2.24) is 5.32 Å². The molecule has 1 unspecified atom stereocenters. The van der Waals surface area contributed by atoms with Gasteiger partial charge in [0, 0.05) is 19.4 Å². The number of amides is 1. The van der Waals surface area contributed by atoms with Gasteiger partial charge < -0.3 is 25.6 Å². The monoisotopic (exact) mass is 268 g/mol. The maximum Gasteiger partial charge on any atom is 0.258 e. The van der Waals surface area contributed by atoms with Crippen LogP contribution < -0.4 is 15.8 Å². The molecule has 1 rings (SSSR count). The van der Waals surface area contributed by atoms with Gasteiger partial charge in [-0.15, -0.1) is 0 Å². The number of hydrogen-bond donors (Lipinski definition) is 3. The van der Waals surface area contributed by atoms with E-state index in [1.807, 2.05) is 0 Å². The molecule has 1 amide bonds. The molecule has 19 heavy (non-hydrogen) atoms. The van der Waals surface area contributed by atoms with Gasteiger partial charge in [-0.25, -0.2) is 0 Å². The second kappa shape index (κ2) is 8.34. The van der Waals surface area contributed by atoms with Gasteiger partial charge in [0.15, 0.2) is 6.61 Å². The molecular formula is C13H20N2O4. The number of nitrogens with one attached hydrogen (secondary N) is 1. The van der Waals surface area contributed by atoms with Gasteiger partial charge in [-0.3, -0.25) is 4.79 Å². The molecule has 0 bridgehead atoms. The van der Waals surface area contributed by atoms with E-state index in [-0.39, 0.29) is 25.2 Å². The summed E-state index contributed by atoms with van der Waals surface area (Å²) in [4.78, 5) is 11.6. The maximum absolute atomic E-state index is 11.6. The standard InChI is InChI=1S/C13H20N2O4/c1-18-8-11(6-7-16)15-13(17)9-19-12-4-2-10(14)3-5-12/h2-5,11,16H,6-9,14H2,1H3,(H,15,17). The van der Waals surface area contributed by atoms with Crippen molar-refractivity contribution in [2.75, 3.05) is 32.7 Å². The third-order valence-corrected chi connectivity index (χ3v) is 2.46. The molecular weight excluding hydrogens is 248 g/mol. The number of carbonyl (C=O) groups excluding carboxylic acids is 1. The molecule has 0 heterocycles. The fourth-order valence-electron chi connectivity index (χ4n) is 1.54. The summed E-state index contributed by atoms with van der Waals surface area (Å²) >= 11 is 0. The number of nitrogen functional groups attached to an aromatic ring is 1. The first-order chi connectivity index (χ1) is 9.15. The topological polar surface area (TPSA) is 93.8 Å². The van der Waals surface area contributed by atoms with Gasteiger partial charge in [-0.2, -0.15) is 0 Å². The Bertz CT molecular complexity index is 375. The normalized spacial score (nSPS) is 11.9. The van der Waals surface area contributed by atoms with Crippen LogP contribution >= 0.6 is 0 Å². The zero-order valence-corrected chi connectivity index (χ0v) is 11.0. The van der Waals surface area contributed by atoms with Crippen molar-refractivity contribution in [3.05, 3.63) is 24.3 Å². The van der Waals surface area contributed by atoms with Crippen LogP contribution in [0, 0.1) is 0 Å². The number of anilines is 1. The number of benzene rings is 1. The first-order valence-corrected chi connectivity index (χ1v) is 6.03. The Balaban J connectivity index is 2.35. The number of rotatable bonds is 8. The smallest absolute Gasteiger partial charge is 0.258 e. The average molecular weight is 268 g/mol. The molecule has 0 aliphatic carbocycles. The summed E-state index contributed by atoms with van der Waals surface area (Å²) < 4.78 is 10.3. The summed E-state index contributed by atoms with van der Waals surface area (Å²) in [5.74, 6) is 0.321. The summed E-state index contributed by atoms with van der Waals surface area (Å²) in [7, 11) is 1.54. The molecule has 0 saturated heterocycles. The maximum atomic E-state index is 11.6. The van der Waals surface area contributed by atoms with Gasteiger partial charge >= 0.3 is 0 Å². The largest absolute Gasteiger partial charge is 0.484 e. The van der Waals surface area contributed by atoms with Crippen LogP contribution in [-0.2, 0) is 9.53 Å². The Morgan fingerprint density at radius 2 is 2.11 bits per heavy atom. The summed E-state index contributed by atoms with van der Waals surface area (Å²) in [6.07, 6.45) is 0.446. The number of hydrogen-bond acceptors (Lipinski definition) is 5. The third-order valence-electron chi connectivity index (χ3n) is 2.46. The van der Waals surface area contributed by atoms with E-state index in [9.17, 15) is 4.79 Å². The number of ether oxygens (including phenoxy) is 2. The Labute approximate surface area is 112 Å². The second-order valence-corrected chi connectivity index (χ2v) is 4.09. The molecule has 0 aliphatic rings. The van der Waals surface area contributed by atoms with Gasteiger partial charge in [-0.1, -0.05) is 0 Å². The van der Waals surface area contributed by atoms with E-state index in [0.717, 1.165) is 0 Å². The molecule has 1 aromatic rings.